The molecule has 0 unspecified atom stereocenters. The van der Waals surface area contributed by atoms with Gasteiger partial charge in [-0.25, -0.2) is 4.79 Å². The first-order valence-corrected chi connectivity index (χ1v) is 9.05. The van der Waals surface area contributed by atoms with Crippen molar-refractivity contribution in [2.24, 2.45) is 0 Å². The fourth-order valence-electron chi connectivity index (χ4n) is 2.56. The van der Waals surface area contributed by atoms with E-state index in [9.17, 15) is 19.7 Å². The van der Waals surface area contributed by atoms with Crippen LogP contribution in [0.3, 0.4) is 0 Å². The van der Waals surface area contributed by atoms with Gasteiger partial charge in [-0.3, -0.25) is 14.9 Å². The van der Waals surface area contributed by atoms with E-state index in [0.29, 0.717) is 5.39 Å². The van der Waals surface area contributed by atoms with Gasteiger partial charge in [0, 0.05) is 21.2 Å². The van der Waals surface area contributed by atoms with Gasteiger partial charge in [-0.05, 0) is 25.1 Å². The van der Waals surface area contributed by atoms with E-state index in [1.807, 2.05) is 0 Å². The number of hydrogen-bond acceptors (Lipinski definition) is 6. The normalized spacial score (nSPS) is 10.6. The van der Waals surface area contributed by atoms with Crippen molar-refractivity contribution in [2.45, 2.75) is 6.92 Å². The number of hydrogen-bond donors (Lipinski definition) is 1. The van der Waals surface area contributed by atoms with E-state index in [2.05, 4.69) is 5.32 Å². The summed E-state index contributed by atoms with van der Waals surface area (Å²) in [6.45, 7) is 1.86. The smallest absolute Gasteiger partial charge is 0.341 e. The van der Waals surface area contributed by atoms with E-state index < -0.39 is 16.8 Å². The summed E-state index contributed by atoms with van der Waals surface area (Å²) < 4.78 is 5.86. The highest BCUT2D eigenvalue weighted by Crippen LogP contribution is 2.37. The second-order valence-corrected chi connectivity index (χ2v) is 6.88. The van der Waals surface area contributed by atoms with Crippen molar-refractivity contribution in [1.29, 1.82) is 0 Å². The van der Waals surface area contributed by atoms with Crippen molar-refractivity contribution in [1.82, 2.24) is 0 Å². The first-order chi connectivity index (χ1) is 12.9. The first kappa shape index (κ1) is 18.8. The van der Waals surface area contributed by atoms with Crippen LogP contribution in [0.15, 0.2) is 42.5 Å². The van der Waals surface area contributed by atoms with Gasteiger partial charge >= 0.3 is 5.97 Å². The molecule has 0 radical (unpaired) electrons. The number of ether oxygens (including phenoxy) is 1. The van der Waals surface area contributed by atoms with Crippen LogP contribution in [0.5, 0.6) is 0 Å². The number of carbonyl (C=O) groups is 2. The number of esters is 1. The van der Waals surface area contributed by atoms with Gasteiger partial charge in [0.15, 0.2) is 0 Å². The van der Waals surface area contributed by atoms with Gasteiger partial charge in [0.2, 0.25) is 0 Å². The molecule has 1 aromatic heterocycles. The van der Waals surface area contributed by atoms with Crippen LogP contribution in [0.2, 0.25) is 5.02 Å². The van der Waals surface area contributed by atoms with Crippen molar-refractivity contribution in [3.63, 3.8) is 0 Å². The minimum Gasteiger partial charge on any atom is -0.462 e. The molecule has 0 atom stereocenters. The Labute approximate surface area is 162 Å². The van der Waals surface area contributed by atoms with Crippen LogP contribution in [0, 0.1) is 10.1 Å². The number of thiophene rings is 1. The number of benzene rings is 2. The van der Waals surface area contributed by atoms with Crippen LogP contribution >= 0.6 is 22.9 Å². The van der Waals surface area contributed by atoms with Crippen molar-refractivity contribution >= 4 is 55.6 Å². The van der Waals surface area contributed by atoms with Gasteiger partial charge in [-0.1, -0.05) is 29.8 Å². The highest BCUT2D eigenvalue weighted by Gasteiger charge is 2.25. The predicted octanol–water partition coefficient (Wildman–Crippen LogP) is 4.89. The molecule has 0 saturated carbocycles. The molecule has 0 fully saturated rings. The molecular formula is C18H13ClN2O5S. The Morgan fingerprint density at radius 1 is 1.26 bits per heavy atom. The highest BCUT2D eigenvalue weighted by molar-refractivity contribution is 7.23. The Morgan fingerprint density at radius 2 is 2.00 bits per heavy atom. The fourth-order valence-corrected chi connectivity index (χ4v) is 3.82. The molecule has 0 aliphatic carbocycles. The molecule has 3 aromatic rings. The standard InChI is InChI=1S/C18H13ClN2O5S/c1-2-26-18(23)15-11-5-3-4-6-14(11)27-17(15)20-16(22)12-9-10(19)7-8-13(12)21(24)25/h3-9H,2H2,1H3,(H,20,22). The van der Waals surface area contributed by atoms with Crippen LogP contribution in [0.1, 0.15) is 27.6 Å². The molecule has 0 saturated heterocycles. The third-order valence-corrected chi connectivity index (χ3v) is 5.02. The van der Waals surface area contributed by atoms with Crippen molar-refractivity contribution < 1.29 is 19.2 Å². The number of carbonyl (C=O) groups excluding carboxylic acids is 2. The maximum absolute atomic E-state index is 12.7. The number of anilines is 1. The molecular weight excluding hydrogens is 392 g/mol. The summed E-state index contributed by atoms with van der Waals surface area (Å²) in [7, 11) is 0. The van der Waals surface area contributed by atoms with Crippen molar-refractivity contribution in [3.05, 3.63) is 68.7 Å². The van der Waals surface area contributed by atoms with Crippen LogP contribution in [-0.4, -0.2) is 23.4 Å². The summed E-state index contributed by atoms with van der Waals surface area (Å²) in [5.74, 6) is -1.31. The average molecular weight is 405 g/mol. The zero-order valence-corrected chi connectivity index (χ0v) is 15.6. The molecule has 0 bridgehead atoms. The molecule has 0 aliphatic rings. The summed E-state index contributed by atoms with van der Waals surface area (Å²) in [6.07, 6.45) is 0. The fraction of sp³-hybridized carbons (Fsp3) is 0.111. The molecule has 0 spiro atoms. The Balaban J connectivity index is 2.06. The lowest BCUT2D eigenvalue weighted by Gasteiger charge is -2.07. The maximum atomic E-state index is 12.7. The zero-order chi connectivity index (χ0) is 19.6. The van der Waals surface area contributed by atoms with E-state index >= 15 is 0 Å². The van der Waals surface area contributed by atoms with E-state index in [4.69, 9.17) is 16.3 Å². The lowest BCUT2D eigenvalue weighted by atomic mass is 10.1. The quantitative estimate of drug-likeness (QED) is 0.370. The molecule has 1 amide bonds. The van der Waals surface area contributed by atoms with Gasteiger partial charge in [0.1, 0.15) is 16.1 Å². The molecule has 1 N–H and O–H groups in total. The van der Waals surface area contributed by atoms with E-state index in [1.54, 1.807) is 31.2 Å². The summed E-state index contributed by atoms with van der Waals surface area (Å²) in [6, 6.07) is 10.8. The van der Waals surface area contributed by atoms with Gasteiger partial charge in [-0.15, -0.1) is 11.3 Å². The third kappa shape index (κ3) is 3.76. The van der Waals surface area contributed by atoms with E-state index in [1.165, 1.54) is 23.5 Å². The Kier molecular flexibility index (Phi) is 5.38. The van der Waals surface area contributed by atoms with Gasteiger partial charge in [0.05, 0.1) is 11.5 Å². The number of rotatable bonds is 5. The third-order valence-electron chi connectivity index (χ3n) is 3.70. The SMILES string of the molecule is CCOC(=O)c1c(NC(=O)c2cc(Cl)ccc2[N+](=O)[O-])sc2ccccc12. The number of nitro groups is 1. The van der Waals surface area contributed by atoms with E-state index in [0.717, 1.165) is 10.8 Å². The zero-order valence-electron chi connectivity index (χ0n) is 14.0. The summed E-state index contributed by atoms with van der Waals surface area (Å²) >= 11 is 7.07. The largest absolute Gasteiger partial charge is 0.462 e. The molecule has 3 rings (SSSR count). The van der Waals surface area contributed by atoms with Crippen LogP contribution in [0.4, 0.5) is 10.7 Å². The first-order valence-electron chi connectivity index (χ1n) is 7.86. The Morgan fingerprint density at radius 3 is 2.70 bits per heavy atom. The van der Waals surface area contributed by atoms with Gasteiger partial charge in [0.25, 0.3) is 11.6 Å². The summed E-state index contributed by atoms with van der Waals surface area (Å²) in [5, 5.41) is 14.9. The second-order valence-electron chi connectivity index (χ2n) is 5.40. The Hall–Kier alpha value is -2.97. The minimum absolute atomic E-state index is 0.177. The maximum Gasteiger partial charge on any atom is 0.341 e. The van der Waals surface area contributed by atoms with Gasteiger partial charge in [-0.2, -0.15) is 0 Å². The minimum atomic E-state index is -0.735. The molecule has 2 aromatic carbocycles. The predicted molar refractivity (Wildman–Crippen MR) is 104 cm³/mol. The molecule has 1 heterocycles. The van der Waals surface area contributed by atoms with Gasteiger partial charge < -0.3 is 10.1 Å². The number of nitro benzene ring substituents is 1. The van der Waals surface area contributed by atoms with E-state index in [-0.39, 0.29) is 33.4 Å². The highest BCUT2D eigenvalue weighted by atomic mass is 35.5. The monoisotopic (exact) mass is 404 g/mol. The lowest BCUT2D eigenvalue weighted by Crippen LogP contribution is -2.16. The topological polar surface area (TPSA) is 98.5 Å². The van der Waals surface area contributed by atoms with Crippen LogP contribution in [0.25, 0.3) is 10.1 Å². The molecule has 27 heavy (non-hydrogen) atoms. The summed E-state index contributed by atoms with van der Waals surface area (Å²) in [4.78, 5) is 35.6. The number of fused-ring (bicyclic) bond motifs is 1. The second kappa shape index (κ2) is 7.73. The van der Waals surface area contributed by atoms with Crippen LogP contribution in [-0.2, 0) is 4.74 Å². The number of halogens is 1. The summed E-state index contributed by atoms with van der Waals surface area (Å²) in [5.41, 5.74) is -0.356. The molecule has 9 heteroatoms. The number of nitrogens with one attached hydrogen (secondary N) is 1. The molecule has 7 nitrogen and oxygen atoms in total. The van der Waals surface area contributed by atoms with Crippen molar-refractivity contribution in [3.8, 4) is 0 Å². The average Bonchev–Trinajstić information content (AvgIpc) is 2.99. The Bertz CT molecular complexity index is 1060. The van der Waals surface area contributed by atoms with Crippen LogP contribution < -0.4 is 5.32 Å². The molecule has 0 aliphatic heterocycles. The number of nitrogens with zero attached hydrogens (tertiary/aromatic N) is 1. The number of amides is 1. The lowest BCUT2D eigenvalue weighted by molar-refractivity contribution is -0.385. The van der Waals surface area contributed by atoms with Crippen molar-refractivity contribution in [2.75, 3.05) is 11.9 Å². The molecule has 138 valence electrons.